The Bertz CT molecular complexity index is 1350. The van der Waals surface area contributed by atoms with Gasteiger partial charge in [-0.3, -0.25) is 9.59 Å². The van der Waals surface area contributed by atoms with E-state index < -0.39 is 0 Å². The van der Waals surface area contributed by atoms with Gasteiger partial charge in [0.25, 0.3) is 5.91 Å². The largest absolute Gasteiger partial charge is 0.496 e. The average Bonchev–Trinajstić information content (AvgIpc) is 3.50. The van der Waals surface area contributed by atoms with E-state index in [4.69, 9.17) is 18.9 Å². The van der Waals surface area contributed by atoms with Crippen LogP contribution in [0.3, 0.4) is 0 Å². The van der Waals surface area contributed by atoms with E-state index in [1.807, 2.05) is 37.3 Å². The zero-order chi connectivity index (χ0) is 25.1. The van der Waals surface area contributed by atoms with E-state index >= 15 is 0 Å². The number of carbonyl (C=O) groups is 2. The molecule has 2 N–H and O–H groups in total. The van der Waals surface area contributed by atoms with Gasteiger partial charge in [0, 0.05) is 30.2 Å². The van der Waals surface area contributed by atoms with E-state index in [2.05, 4.69) is 10.6 Å². The number of benzene rings is 3. The van der Waals surface area contributed by atoms with Gasteiger partial charge in [0.2, 0.25) is 12.7 Å². The highest BCUT2D eigenvalue weighted by atomic mass is 16.7. The van der Waals surface area contributed by atoms with Crippen molar-refractivity contribution in [1.29, 1.82) is 0 Å². The normalized spacial score (nSPS) is 15.3. The van der Waals surface area contributed by atoms with Gasteiger partial charge in [-0.05, 0) is 55.0 Å². The molecule has 3 aromatic rings. The minimum atomic E-state index is -0.372. The molecule has 1 atom stereocenters. The second-order valence-corrected chi connectivity index (χ2v) is 8.57. The number of rotatable bonds is 7. The maximum absolute atomic E-state index is 12.9. The van der Waals surface area contributed by atoms with Crippen LogP contribution in [0.25, 0.3) is 6.08 Å². The molecule has 0 aliphatic carbocycles. The Morgan fingerprint density at radius 3 is 2.75 bits per heavy atom. The summed E-state index contributed by atoms with van der Waals surface area (Å²) in [4.78, 5) is 25.6. The molecule has 2 heterocycles. The topological polar surface area (TPSA) is 95.1 Å². The molecule has 2 aliphatic heterocycles. The summed E-state index contributed by atoms with van der Waals surface area (Å²) in [5, 5.41) is 5.68. The quantitative estimate of drug-likeness (QED) is 0.483. The van der Waals surface area contributed by atoms with Crippen LogP contribution in [0.2, 0.25) is 0 Å². The third kappa shape index (κ3) is 4.98. The molecule has 0 spiro atoms. The molecule has 0 fully saturated rings. The summed E-state index contributed by atoms with van der Waals surface area (Å²) < 4.78 is 22.0. The Morgan fingerprint density at radius 2 is 1.89 bits per heavy atom. The lowest BCUT2D eigenvalue weighted by molar-refractivity contribution is -0.111. The summed E-state index contributed by atoms with van der Waals surface area (Å²) in [6, 6.07) is 16.2. The smallest absolute Gasteiger partial charge is 0.253 e. The fourth-order valence-electron chi connectivity index (χ4n) is 4.22. The molecule has 0 radical (unpaired) electrons. The number of nitrogens with one attached hydrogen (secondary N) is 2. The second kappa shape index (κ2) is 10.0. The number of hydrogen-bond acceptors (Lipinski definition) is 6. The van der Waals surface area contributed by atoms with Crippen LogP contribution >= 0.6 is 0 Å². The number of fused-ring (bicyclic) bond motifs is 2. The van der Waals surface area contributed by atoms with Crippen LogP contribution in [0.1, 0.15) is 34.0 Å². The highest BCUT2D eigenvalue weighted by molar-refractivity contribution is 6.07. The zero-order valence-corrected chi connectivity index (χ0v) is 20.0. The Hall–Kier alpha value is -4.46. The predicted octanol–water partition coefficient (Wildman–Crippen LogP) is 4.33. The lowest BCUT2D eigenvalue weighted by Gasteiger charge is -2.11. The van der Waals surface area contributed by atoms with Gasteiger partial charge in [-0.2, -0.15) is 0 Å². The number of amides is 2. The molecule has 1 unspecified atom stereocenters. The summed E-state index contributed by atoms with van der Waals surface area (Å²) >= 11 is 0. The Morgan fingerprint density at radius 1 is 1.06 bits per heavy atom. The third-order valence-corrected chi connectivity index (χ3v) is 5.98. The molecule has 8 heteroatoms. The lowest BCUT2D eigenvalue weighted by Crippen LogP contribution is -2.24. The van der Waals surface area contributed by atoms with Crippen molar-refractivity contribution in [1.82, 2.24) is 5.32 Å². The van der Waals surface area contributed by atoms with Crippen molar-refractivity contribution < 1.29 is 28.5 Å². The maximum atomic E-state index is 12.9. The van der Waals surface area contributed by atoms with Crippen molar-refractivity contribution in [2.24, 2.45) is 0 Å². The third-order valence-electron chi connectivity index (χ3n) is 5.98. The first-order chi connectivity index (χ1) is 17.5. The summed E-state index contributed by atoms with van der Waals surface area (Å²) in [7, 11) is 1.59. The van der Waals surface area contributed by atoms with Crippen LogP contribution in [0.5, 0.6) is 23.0 Å². The van der Waals surface area contributed by atoms with Gasteiger partial charge >= 0.3 is 0 Å². The number of hydrogen-bond donors (Lipinski definition) is 2. The van der Waals surface area contributed by atoms with Crippen molar-refractivity contribution in [3.63, 3.8) is 0 Å². The zero-order valence-electron chi connectivity index (χ0n) is 20.0. The maximum Gasteiger partial charge on any atom is 0.253 e. The summed E-state index contributed by atoms with van der Waals surface area (Å²) in [6.07, 6.45) is 4.01. The van der Waals surface area contributed by atoms with Crippen molar-refractivity contribution in [2.75, 3.05) is 19.2 Å². The fraction of sp³-hybridized carbons (Fsp3) is 0.214. The van der Waals surface area contributed by atoms with Gasteiger partial charge in [0.15, 0.2) is 11.5 Å². The molecule has 0 saturated heterocycles. The van der Waals surface area contributed by atoms with Crippen molar-refractivity contribution in [3.8, 4) is 23.0 Å². The van der Waals surface area contributed by atoms with Crippen molar-refractivity contribution in [2.45, 2.75) is 26.0 Å². The number of para-hydroxylation sites is 1. The van der Waals surface area contributed by atoms with E-state index in [0.29, 0.717) is 35.0 Å². The summed E-state index contributed by atoms with van der Waals surface area (Å²) in [5.41, 5.74) is 3.46. The van der Waals surface area contributed by atoms with Gasteiger partial charge in [0.05, 0.1) is 18.4 Å². The summed E-state index contributed by atoms with van der Waals surface area (Å²) in [6.45, 7) is 2.51. The minimum absolute atomic E-state index is 0.111. The molecule has 3 aromatic carbocycles. The van der Waals surface area contributed by atoms with E-state index in [0.717, 1.165) is 28.9 Å². The minimum Gasteiger partial charge on any atom is -0.496 e. The SMILES string of the molecule is COc1cc2c(cc1/C=C/C(=O)Nc1ccccc1C(=O)NCc1ccc3c(c1)OCO3)OC(C)C2. The molecule has 0 bridgehead atoms. The lowest BCUT2D eigenvalue weighted by atomic mass is 10.1. The summed E-state index contributed by atoms with van der Waals surface area (Å²) in [5.74, 6) is 2.13. The van der Waals surface area contributed by atoms with E-state index in [-0.39, 0.29) is 24.7 Å². The molecular formula is C28H26N2O6. The van der Waals surface area contributed by atoms with Gasteiger partial charge in [0.1, 0.15) is 17.6 Å². The Balaban J connectivity index is 1.25. The van der Waals surface area contributed by atoms with Crippen LogP contribution in [0, 0.1) is 0 Å². The molecule has 8 nitrogen and oxygen atoms in total. The van der Waals surface area contributed by atoms with Crippen LogP contribution in [0.4, 0.5) is 5.69 Å². The Kier molecular flexibility index (Phi) is 6.49. The molecule has 36 heavy (non-hydrogen) atoms. The van der Waals surface area contributed by atoms with E-state index in [9.17, 15) is 9.59 Å². The van der Waals surface area contributed by atoms with Crippen LogP contribution in [0.15, 0.2) is 60.7 Å². The van der Waals surface area contributed by atoms with Crippen LogP contribution in [-0.4, -0.2) is 31.8 Å². The molecule has 5 rings (SSSR count). The number of ether oxygens (including phenoxy) is 4. The first-order valence-electron chi connectivity index (χ1n) is 11.6. The second-order valence-electron chi connectivity index (χ2n) is 8.57. The highest BCUT2D eigenvalue weighted by Crippen LogP contribution is 2.35. The van der Waals surface area contributed by atoms with Gasteiger partial charge < -0.3 is 29.6 Å². The fourth-order valence-corrected chi connectivity index (χ4v) is 4.22. The first kappa shape index (κ1) is 23.3. The van der Waals surface area contributed by atoms with E-state index in [1.165, 1.54) is 6.08 Å². The molecule has 184 valence electrons. The molecule has 0 aromatic heterocycles. The van der Waals surface area contributed by atoms with Gasteiger partial charge in [-0.1, -0.05) is 18.2 Å². The van der Waals surface area contributed by atoms with Crippen molar-refractivity contribution >= 4 is 23.6 Å². The number of anilines is 1. The highest BCUT2D eigenvalue weighted by Gasteiger charge is 2.21. The monoisotopic (exact) mass is 486 g/mol. The van der Waals surface area contributed by atoms with Crippen LogP contribution < -0.4 is 29.6 Å². The Labute approximate surface area is 208 Å². The first-order valence-corrected chi connectivity index (χ1v) is 11.6. The van der Waals surface area contributed by atoms with E-state index in [1.54, 1.807) is 37.5 Å². The molecular weight excluding hydrogens is 460 g/mol. The predicted molar refractivity (Wildman–Crippen MR) is 135 cm³/mol. The number of carbonyl (C=O) groups excluding carboxylic acids is 2. The number of methoxy groups -OCH3 is 1. The standard InChI is InChI=1S/C28H26N2O6/c1-17-11-20-14-24(33-2)19(13-25(20)36-17)8-10-27(31)30-22-6-4-3-5-21(22)28(32)29-15-18-7-9-23-26(12-18)35-16-34-23/h3-10,12-14,17H,11,15-16H2,1-2H3,(H,29,32)(H,30,31)/b10-8+. The molecule has 0 saturated carbocycles. The molecule has 2 aliphatic rings. The average molecular weight is 487 g/mol. The van der Waals surface area contributed by atoms with Gasteiger partial charge in [-0.25, -0.2) is 0 Å². The van der Waals surface area contributed by atoms with Crippen molar-refractivity contribution in [3.05, 3.63) is 82.9 Å². The molecule has 2 amide bonds. The van der Waals surface area contributed by atoms with Gasteiger partial charge in [-0.15, -0.1) is 0 Å². The van der Waals surface area contributed by atoms with Crippen LogP contribution in [-0.2, 0) is 17.8 Å².